The highest BCUT2D eigenvalue weighted by Gasteiger charge is 2.15. The number of hydrogen-bond donors (Lipinski definition) is 2. The summed E-state index contributed by atoms with van der Waals surface area (Å²) in [6.45, 7) is 5.67. The van der Waals surface area contributed by atoms with Gasteiger partial charge in [-0.15, -0.1) is 5.10 Å². The third-order valence-electron chi connectivity index (χ3n) is 3.01. The van der Waals surface area contributed by atoms with Crippen molar-refractivity contribution in [1.82, 2.24) is 19.8 Å². The standard InChI is InChI=1S/C13H12ClN5O2S/c1-7(2)11-10(14)13-15-12(17-19(13)16-11)8-3-5-9(6-4-8)18-22(20)21/h3-6,16,18H,1H2,2H3,(H,20,21)/p-1. The Labute approximate surface area is 133 Å². The van der Waals surface area contributed by atoms with E-state index in [1.807, 2.05) is 6.92 Å². The maximum atomic E-state index is 10.6. The Hall–Kier alpha value is -2.16. The number of aromatic amines is 1. The lowest BCUT2D eigenvalue weighted by Gasteiger charge is -2.08. The Morgan fingerprint density at radius 1 is 1.45 bits per heavy atom. The number of allylic oxidation sites excluding steroid dienone is 1. The topological polar surface area (TPSA) is 98.1 Å². The maximum absolute atomic E-state index is 10.6. The van der Waals surface area contributed by atoms with Crippen LogP contribution >= 0.6 is 11.6 Å². The largest absolute Gasteiger partial charge is 0.755 e. The van der Waals surface area contributed by atoms with Crippen LogP contribution in [0.5, 0.6) is 0 Å². The van der Waals surface area contributed by atoms with E-state index in [-0.39, 0.29) is 0 Å². The molecule has 0 fully saturated rings. The van der Waals surface area contributed by atoms with Crippen LogP contribution in [0.1, 0.15) is 12.6 Å². The third-order valence-corrected chi connectivity index (χ3v) is 3.77. The van der Waals surface area contributed by atoms with Gasteiger partial charge in [-0.2, -0.15) is 4.63 Å². The number of anilines is 1. The second-order valence-corrected chi connectivity index (χ2v) is 5.72. The van der Waals surface area contributed by atoms with Gasteiger partial charge in [0, 0.05) is 22.5 Å². The molecule has 0 aliphatic carbocycles. The molecule has 1 atom stereocenters. The molecule has 0 spiro atoms. The smallest absolute Gasteiger partial charge is 0.195 e. The van der Waals surface area contributed by atoms with E-state index in [1.165, 1.54) is 4.63 Å². The van der Waals surface area contributed by atoms with E-state index < -0.39 is 11.3 Å². The molecular weight excluding hydrogens is 326 g/mol. The predicted molar refractivity (Wildman–Crippen MR) is 85.0 cm³/mol. The van der Waals surface area contributed by atoms with Crippen molar-refractivity contribution in [1.29, 1.82) is 0 Å². The van der Waals surface area contributed by atoms with E-state index in [1.54, 1.807) is 24.3 Å². The number of H-pyrrole nitrogens is 1. The van der Waals surface area contributed by atoms with E-state index in [0.717, 1.165) is 11.1 Å². The molecule has 1 aromatic carbocycles. The molecule has 0 saturated carbocycles. The minimum Gasteiger partial charge on any atom is -0.755 e. The normalized spacial score (nSPS) is 12.5. The van der Waals surface area contributed by atoms with Crippen LogP contribution in [0.4, 0.5) is 5.69 Å². The number of nitrogens with one attached hydrogen (secondary N) is 2. The van der Waals surface area contributed by atoms with Gasteiger partial charge in [0.2, 0.25) is 0 Å². The summed E-state index contributed by atoms with van der Waals surface area (Å²) in [4.78, 5) is 4.38. The predicted octanol–water partition coefficient (Wildman–Crippen LogP) is 2.62. The van der Waals surface area contributed by atoms with Crippen LogP contribution < -0.4 is 4.72 Å². The molecule has 0 amide bonds. The molecule has 3 aromatic rings. The highest BCUT2D eigenvalue weighted by molar-refractivity contribution is 7.80. The molecule has 2 heterocycles. The second-order valence-electron chi connectivity index (χ2n) is 4.67. The number of benzene rings is 1. The van der Waals surface area contributed by atoms with E-state index in [4.69, 9.17) is 11.6 Å². The molecule has 0 radical (unpaired) electrons. The molecular formula is C13H11ClN5O2S-. The first-order valence-electron chi connectivity index (χ1n) is 6.22. The van der Waals surface area contributed by atoms with Crippen LogP contribution in [-0.2, 0) is 11.3 Å². The van der Waals surface area contributed by atoms with E-state index in [2.05, 4.69) is 26.5 Å². The Kier molecular flexibility index (Phi) is 3.73. The zero-order valence-electron chi connectivity index (χ0n) is 11.5. The zero-order chi connectivity index (χ0) is 15.9. The summed E-state index contributed by atoms with van der Waals surface area (Å²) in [6.07, 6.45) is 0. The summed E-state index contributed by atoms with van der Waals surface area (Å²) < 4.78 is 24.9. The molecule has 22 heavy (non-hydrogen) atoms. The molecule has 0 bridgehead atoms. The third kappa shape index (κ3) is 2.63. The monoisotopic (exact) mass is 336 g/mol. The van der Waals surface area contributed by atoms with Crippen molar-refractivity contribution in [2.75, 3.05) is 4.72 Å². The van der Waals surface area contributed by atoms with E-state index >= 15 is 0 Å². The zero-order valence-corrected chi connectivity index (χ0v) is 13.0. The van der Waals surface area contributed by atoms with Gasteiger partial charge in [-0.05, 0) is 36.8 Å². The minimum absolute atomic E-state index is 0.462. The van der Waals surface area contributed by atoms with Gasteiger partial charge in [0.15, 0.2) is 11.5 Å². The van der Waals surface area contributed by atoms with Crippen LogP contribution in [-0.4, -0.2) is 28.6 Å². The number of hydrogen-bond acceptors (Lipinski definition) is 4. The van der Waals surface area contributed by atoms with Crippen molar-refractivity contribution in [2.45, 2.75) is 6.92 Å². The molecule has 2 N–H and O–H groups in total. The van der Waals surface area contributed by atoms with Gasteiger partial charge in [-0.3, -0.25) is 9.31 Å². The first-order chi connectivity index (χ1) is 10.5. The van der Waals surface area contributed by atoms with Gasteiger partial charge in [-0.1, -0.05) is 18.2 Å². The fourth-order valence-electron chi connectivity index (χ4n) is 1.99. The Bertz CT molecular complexity index is 884. The van der Waals surface area contributed by atoms with Gasteiger partial charge in [0.25, 0.3) is 0 Å². The summed E-state index contributed by atoms with van der Waals surface area (Å²) in [7, 11) is 0. The average molecular weight is 337 g/mol. The Morgan fingerprint density at radius 2 is 2.14 bits per heavy atom. The first-order valence-corrected chi connectivity index (χ1v) is 7.67. The number of halogens is 1. The van der Waals surface area contributed by atoms with Crippen LogP contribution in [0, 0.1) is 0 Å². The van der Waals surface area contributed by atoms with Gasteiger partial charge in [0.1, 0.15) is 5.02 Å². The van der Waals surface area contributed by atoms with Crippen LogP contribution in [0.15, 0.2) is 30.8 Å². The molecule has 0 aliphatic rings. The van der Waals surface area contributed by atoms with Crippen molar-refractivity contribution >= 4 is 39.8 Å². The van der Waals surface area contributed by atoms with Crippen molar-refractivity contribution in [2.24, 2.45) is 0 Å². The molecule has 9 heteroatoms. The fraction of sp³-hybridized carbons (Fsp3) is 0.0769. The average Bonchev–Trinajstić information content (AvgIpc) is 2.99. The van der Waals surface area contributed by atoms with E-state index in [9.17, 15) is 8.76 Å². The molecule has 0 aliphatic heterocycles. The molecule has 3 rings (SSSR count). The second kappa shape index (κ2) is 5.56. The van der Waals surface area contributed by atoms with Crippen molar-refractivity contribution < 1.29 is 8.76 Å². The summed E-state index contributed by atoms with van der Waals surface area (Å²) in [6, 6.07) is 6.69. The van der Waals surface area contributed by atoms with Crippen LogP contribution in [0.2, 0.25) is 5.02 Å². The summed E-state index contributed by atoms with van der Waals surface area (Å²) in [5.74, 6) is 0.483. The van der Waals surface area contributed by atoms with Crippen LogP contribution in [0.25, 0.3) is 22.6 Å². The number of rotatable bonds is 4. The summed E-state index contributed by atoms with van der Waals surface area (Å²) in [5.41, 5.74) is 3.20. The fourth-order valence-corrected chi connectivity index (χ4v) is 2.64. The number of aromatic nitrogens is 4. The van der Waals surface area contributed by atoms with Crippen molar-refractivity contribution in [3.63, 3.8) is 0 Å². The maximum Gasteiger partial charge on any atom is 0.195 e. The number of fused-ring (bicyclic) bond motifs is 1. The Balaban J connectivity index is 1.96. The van der Waals surface area contributed by atoms with Crippen LogP contribution in [0.3, 0.4) is 0 Å². The minimum atomic E-state index is -2.35. The first kappa shape index (κ1) is 14.8. The highest BCUT2D eigenvalue weighted by Crippen LogP contribution is 2.27. The van der Waals surface area contributed by atoms with Gasteiger partial charge >= 0.3 is 0 Å². The van der Waals surface area contributed by atoms with Gasteiger partial charge in [0.05, 0.1) is 5.69 Å². The van der Waals surface area contributed by atoms with Crippen molar-refractivity contribution in [3.8, 4) is 11.4 Å². The number of nitrogens with zero attached hydrogens (tertiary/aromatic N) is 3. The SMILES string of the molecule is C=C(C)c1[nH]n2nc(-c3ccc(NS(=O)[O-])cc3)nc2c1Cl. The summed E-state index contributed by atoms with van der Waals surface area (Å²) in [5, 5.41) is 7.79. The molecule has 7 nitrogen and oxygen atoms in total. The van der Waals surface area contributed by atoms with E-state index in [0.29, 0.717) is 27.9 Å². The van der Waals surface area contributed by atoms with Gasteiger partial charge < -0.3 is 9.27 Å². The Morgan fingerprint density at radius 3 is 2.68 bits per heavy atom. The van der Waals surface area contributed by atoms with Gasteiger partial charge in [-0.25, -0.2) is 4.98 Å². The molecule has 1 unspecified atom stereocenters. The molecule has 114 valence electrons. The lowest BCUT2D eigenvalue weighted by Crippen LogP contribution is -2.01. The highest BCUT2D eigenvalue weighted by atomic mass is 35.5. The lowest BCUT2D eigenvalue weighted by molar-refractivity contribution is 0.542. The molecule has 0 saturated heterocycles. The lowest BCUT2D eigenvalue weighted by atomic mass is 10.2. The van der Waals surface area contributed by atoms with Crippen molar-refractivity contribution in [3.05, 3.63) is 41.6 Å². The quantitative estimate of drug-likeness (QED) is 0.715. The summed E-state index contributed by atoms with van der Waals surface area (Å²) >= 11 is 3.89. The molecule has 2 aromatic heterocycles.